The third kappa shape index (κ3) is 3.59. The monoisotopic (exact) mass is 291 g/mol. The van der Waals surface area contributed by atoms with Crippen LogP contribution in [0.15, 0.2) is 42.5 Å². The highest BCUT2D eigenvalue weighted by atomic mass is 35.5. The summed E-state index contributed by atoms with van der Waals surface area (Å²) in [6.07, 6.45) is 0.723. The summed E-state index contributed by atoms with van der Waals surface area (Å²) in [5.74, 6) is -0.0730. The fourth-order valence-corrected chi connectivity index (χ4v) is 2.57. The second kappa shape index (κ2) is 6.87. The van der Waals surface area contributed by atoms with Gasteiger partial charge in [-0.25, -0.2) is 4.39 Å². The van der Waals surface area contributed by atoms with Gasteiger partial charge in [0.25, 0.3) is 0 Å². The van der Waals surface area contributed by atoms with E-state index in [-0.39, 0.29) is 16.8 Å². The Morgan fingerprint density at radius 3 is 2.50 bits per heavy atom. The predicted octanol–water partition coefficient (Wildman–Crippen LogP) is 4.33. The molecule has 2 rings (SSSR count). The average molecular weight is 292 g/mol. The number of rotatable bonds is 5. The van der Waals surface area contributed by atoms with Gasteiger partial charge in [-0.05, 0) is 37.6 Å². The highest BCUT2D eigenvalue weighted by Crippen LogP contribution is 2.27. The van der Waals surface area contributed by atoms with Crippen LogP contribution in [0.1, 0.15) is 22.6 Å². The van der Waals surface area contributed by atoms with E-state index in [1.165, 1.54) is 17.2 Å². The third-order valence-corrected chi connectivity index (χ3v) is 3.92. The van der Waals surface area contributed by atoms with Crippen molar-refractivity contribution in [3.8, 4) is 0 Å². The highest BCUT2D eigenvalue weighted by Gasteiger charge is 2.15. The van der Waals surface area contributed by atoms with Crippen LogP contribution >= 0.6 is 11.6 Å². The van der Waals surface area contributed by atoms with Gasteiger partial charge in [0.15, 0.2) is 0 Å². The molecule has 0 aliphatic heterocycles. The van der Waals surface area contributed by atoms with Crippen LogP contribution < -0.4 is 5.32 Å². The van der Waals surface area contributed by atoms with Gasteiger partial charge in [0.05, 0.1) is 5.02 Å². The zero-order valence-corrected chi connectivity index (χ0v) is 12.5. The summed E-state index contributed by atoms with van der Waals surface area (Å²) in [6, 6.07) is 13.5. The summed E-state index contributed by atoms with van der Waals surface area (Å²) in [5.41, 5.74) is 3.33. The van der Waals surface area contributed by atoms with Gasteiger partial charge in [0.2, 0.25) is 0 Å². The Hall–Kier alpha value is -1.38. The Kier molecular flexibility index (Phi) is 5.16. The van der Waals surface area contributed by atoms with E-state index < -0.39 is 0 Å². The second-order valence-electron chi connectivity index (χ2n) is 5.08. The summed E-state index contributed by atoms with van der Waals surface area (Å²) in [5, 5.41) is 3.44. The summed E-state index contributed by atoms with van der Waals surface area (Å²) in [7, 11) is 1.92. The molecule has 0 amide bonds. The minimum atomic E-state index is -0.351. The zero-order valence-electron chi connectivity index (χ0n) is 11.8. The third-order valence-electron chi connectivity index (χ3n) is 3.50. The molecule has 2 aromatic rings. The number of likely N-dealkylation sites (N-methyl/N-ethyl adjacent to an activating group) is 1. The minimum Gasteiger partial charge on any atom is -0.319 e. The number of hydrogen-bond acceptors (Lipinski definition) is 1. The average Bonchev–Trinajstić information content (AvgIpc) is 2.44. The number of benzene rings is 2. The van der Waals surface area contributed by atoms with Crippen LogP contribution in [-0.2, 0) is 6.42 Å². The van der Waals surface area contributed by atoms with Crippen LogP contribution in [0.3, 0.4) is 0 Å². The quantitative estimate of drug-likeness (QED) is 0.864. The SMILES string of the molecule is CNCC(Cc1cccc(F)c1Cl)c1ccc(C)cc1. The van der Waals surface area contributed by atoms with E-state index in [1.807, 2.05) is 13.1 Å². The highest BCUT2D eigenvalue weighted by molar-refractivity contribution is 6.31. The lowest BCUT2D eigenvalue weighted by Gasteiger charge is -2.18. The first-order chi connectivity index (χ1) is 9.61. The number of nitrogens with one attached hydrogen (secondary N) is 1. The standard InChI is InChI=1S/C17H19ClFN/c1-12-6-8-13(9-7-12)15(11-20-2)10-14-4-3-5-16(19)17(14)18/h3-9,15,20H,10-11H2,1-2H3. The second-order valence-corrected chi connectivity index (χ2v) is 5.46. The summed E-state index contributed by atoms with van der Waals surface area (Å²) >= 11 is 6.05. The summed E-state index contributed by atoms with van der Waals surface area (Å²) in [4.78, 5) is 0. The predicted molar refractivity (Wildman–Crippen MR) is 83.0 cm³/mol. The lowest BCUT2D eigenvalue weighted by Crippen LogP contribution is -2.19. The molecule has 3 heteroatoms. The molecule has 1 atom stereocenters. The first-order valence-corrected chi connectivity index (χ1v) is 7.13. The van der Waals surface area contributed by atoms with Gasteiger partial charge in [-0.1, -0.05) is 53.6 Å². The molecule has 0 bridgehead atoms. The van der Waals surface area contributed by atoms with Crippen molar-refractivity contribution >= 4 is 11.6 Å². The normalized spacial score (nSPS) is 12.4. The van der Waals surface area contributed by atoms with Crippen molar-refractivity contribution in [2.45, 2.75) is 19.3 Å². The maximum atomic E-state index is 13.5. The minimum absolute atomic E-state index is 0.237. The molecule has 0 fully saturated rings. The van der Waals surface area contributed by atoms with Gasteiger partial charge in [-0.3, -0.25) is 0 Å². The van der Waals surface area contributed by atoms with E-state index in [1.54, 1.807) is 6.07 Å². The van der Waals surface area contributed by atoms with E-state index in [2.05, 4.69) is 36.5 Å². The van der Waals surface area contributed by atoms with Crippen LogP contribution in [0.5, 0.6) is 0 Å². The number of hydrogen-bond donors (Lipinski definition) is 1. The van der Waals surface area contributed by atoms with E-state index in [0.717, 1.165) is 18.5 Å². The largest absolute Gasteiger partial charge is 0.319 e. The lowest BCUT2D eigenvalue weighted by molar-refractivity contribution is 0.608. The molecule has 0 spiro atoms. The molecule has 1 nitrogen and oxygen atoms in total. The van der Waals surface area contributed by atoms with Crippen LogP contribution in [0.25, 0.3) is 0 Å². The van der Waals surface area contributed by atoms with E-state index in [0.29, 0.717) is 0 Å². The van der Waals surface area contributed by atoms with Crippen molar-refractivity contribution in [2.75, 3.05) is 13.6 Å². The Balaban J connectivity index is 2.25. The molecule has 1 unspecified atom stereocenters. The van der Waals surface area contributed by atoms with Crippen LogP contribution in [0, 0.1) is 12.7 Å². The molecule has 0 aliphatic carbocycles. The summed E-state index contributed by atoms with van der Waals surface area (Å²) in [6.45, 7) is 2.90. The fraction of sp³-hybridized carbons (Fsp3) is 0.294. The fourth-order valence-electron chi connectivity index (χ4n) is 2.36. The number of halogens is 2. The molecular weight excluding hydrogens is 273 g/mol. The van der Waals surface area contributed by atoms with Crippen LogP contribution in [0.4, 0.5) is 4.39 Å². The smallest absolute Gasteiger partial charge is 0.142 e. The van der Waals surface area contributed by atoms with Crippen molar-refractivity contribution in [2.24, 2.45) is 0 Å². The molecule has 1 N–H and O–H groups in total. The van der Waals surface area contributed by atoms with Crippen LogP contribution in [-0.4, -0.2) is 13.6 Å². The van der Waals surface area contributed by atoms with Gasteiger partial charge in [0.1, 0.15) is 5.82 Å². The van der Waals surface area contributed by atoms with Crippen LogP contribution in [0.2, 0.25) is 5.02 Å². The maximum absolute atomic E-state index is 13.5. The van der Waals surface area contributed by atoms with Crippen molar-refractivity contribution in [3.63, 3.8) is 0 Å². The Bertz CT molecular complexity index is 566. The number of aryl methyl sites for hydroxylation is 1. The molecule has 0 aliphatic rings. The Morgan fingerprint density at radius 1 is 1.15 bits per heavy atom. The lowest BCUT2D eigenvalue weighted by atomic mass is 9.91. The molecule has 2 aromatic carbocycles. The summed E-state index contributed by atoms with van der Waals surface area (Å²) < 4.78 is 13.5. The first kappa shape index (κ1) is 15.0. The molecule has 20 heavy (non-hydrogen) atoms. The van der Waals surface area contributed by atoms with E-state index in [4.69, 9.17) is 11.6 Å². The van der Waals surface area contributed by atoms with Crippen molar-refractivity contribution in [1.82, 2.24) is 5.32 Å². The van der Waals surface area contributed by atoms with Gasteiger partial charge >= 0.3 is 0 Å². The van der Waals surface area contributed by atoms with Gasteiger partial charge < -0.3 is 5.32 Å². The Labute approximate surface area is 124 Å². The van der Waals surface area contributed by atoms with Gasteiger partial charge in [-0.2, -0.15) is 0 Å². The molecular formula is C17H19ClFN. The molecule has 0 aromatic heterocycles. The molecule has 0 saturated carbocycles. The first-order valence-electron chi connectivity index (χ1n) is 6.76. The molecule has 0 radical (unpaired) electrons. The van der Waals surface area contributed by atoms with Crippen molar-refractivity contribution < 1.29 is 4.39 Å². The maximum Gasteiger partial charge on any atom is 0.142 e. The van der Waals surface area contributed by atoms with Gasteiger partial charge in [0, 0.05) is 12.5 Å². The Morgan fingerprint density at radius 2 is 1.85 bits per heavy atom. The van der Waals surface area contributed by atoms with E-state index >= 15 is 0 Å². The van der Waals surface area contributed by atoms with Crippen molar-refractivity contribution in [3.05, 3.63) is 70.0 Å². The topological polar surface area (TPSA) is 12.0 Å². The molecule has 106 valence electrons. The van der Waals surface area contributed by atoms with Gasteiger partial charge in [-0.15, -0.1) is 0 Å². The zero-order chi connectivity index (χ0) is 14.5. The van der Waals surface area contributed by atoms with E-state index in [9.17, 15) is 4.39 Å². The van der Waals surface area contributed by atoms with Crippen molar-refractivity contribution in [1.29, 1.82) is 0 Å². The molecule has 0 saturated heterocycles. The molecule has 0 heterocycles.